The molecule has 3 aromatic rings. The van der Waals surface area contributed by atoms with Gasteiger partial charge in [-0.3, -0.25) is 9.48 Å². The van der Waals surface area contributed by atoms with E-state index in [2.05, 4.69) is 39.4 Å². The van der Waals surface area contributed by atoms with E-state index in [0.717, 1.165) is 47.2 Å². The Hall–Kier alpha value is -2.74. The van der Waals surface area contributed by atoms with Gasteiger partial charge < -0.3 is 10.2 Å². The Morgan fingerprint density at radius 1 is 1.36 bits per heavy atom. The molecule has 1 fully saturated rings. The van der Waals surface area contributed by atoms with Gasteiger partial charge in [0.25, 0.3) is 5.91 Å². The molecule has 1 saturated heterocycles. The van der Waals surface area contributed by atoms with E-state index >= 15 is 0 Å². The summed E-state index contributed by atoms with van der Waals surface area (Å²) >= 11 is 1.51. The van der Waals surface area contributed by atoms with Gasteiger partial charge in [-0.1, -0.05) is 13.8 Å². The van der Waals surface area contributed by atoms with Crippen LogP contribution in [0.15, 0.2) is 42.9 Å². The summed E-state index contributed by atoms with van der Waals surface area (Å²) in [6.07, 6.45) is 6.48. The molecule has 28 heavy (non-hydrogen) atoms. The van der Waals surface area contributed by atoms with Crippen LogP contribution >= 0.6 is 11.3 Å². The predicted octanol–water partition coefficient (Wildman–Crippen LogP) is 3.07. The van der Waals surface area contributed by atoms with E-state index in [-0.39, 0.29) is 11.9 Å². The monoisotopic (exact) mass is 396 g/mol. The first-order valence-electron chi connectivity index (χ1n) is 9.54. The number of carbonyl (C=O) groups is 1. The van der Waals surface area contributed by atoms with Crippen molar-refractivity contribution in [3.05, 3.63) is 47.7 Å². The lowest BCUT2D eigenvalue weighted by atomic mass is 10.2. The number of carbonyl (C=O) groups excluding carboxylic acids is 1. The van der Waals surface area contributed by atoms with Crippen LogP contribution in [0, 0.1) is 5.92 Å². The zero-order valence-electron chi connectivity index (χ0n) is 16.1. The van der Waals surface area contributed by atoms with Crippen LogP contribution in [0.2, 0.25) is 0 Å². The highest BCUT2D eigenvalue weighted by atomic mass is 32.1. The summed E-state index contributed by atoms with van der Waals surface area (Å²) in [5.74, 6) is 1.39. The number of amides is 1. The Bertz CT molecular complexity index is 935. The number of aromatic nitrogens is 4. The van der Waals surface area contributed by atoms with Crippen molar-refractivity contribution in [2.75, 3.05) is 18.0 Å². The Balaban J connectivity index is 1.36. The summed E-state index contributed by atoms with van der Waals surface area (Å²) in [5.41, 5.74) is 1.05. The lowest BCUT2D eigenvalue weighted by molar-refractivity contribution is 0.0944. The van der Waals surface area contributed by atoms with Crippen molar-refractivity contribution in [2.45, 2.75) is 32.9 Å². The third kappa shape index (κ3) is 4.22. The normalized spacial score (nSPS) is 16.7. The smallest absolute Gasteiger partial charge is 0.261 e. The zero-order chi connectivity index (χ0) is 19.5. The minimum atomic E-state index is -0.0168. The second kappa shape index (κ2) is 8.10. The first-order valence-corrected chi connectivity index (χ1v) is 10.4. The van der Waals surface area contributed by atoms with E-state index in [1.54, 1.807) is 6.20 Å². The molecule has 8 heteroatoms. The molecule has 1 amide bonds. The minimum Gasteiger partial charge on any atom is -0.353 e. The Labute approximate surface area is 168 Å². The second-order valence-electron chi connectivity index (χ2n) is 7.50. The van der Waals surface area contributed by atoms with E-state index in [1.165, 1.54) is 11.3 Å². The first-order chi connectivity index (χ1) is 13.6. The van der Waals surface area contributed by atoms with Crippen LogP contribution < -0.4 is 10.2 Å². The lowest BCUT2D eigenvalue weighted by Crippen LogP contribution is -2.36. The molecular weight excluding hydrogens is 372 g/mol. The summed E-state index contributed by atoms with van der Waals surface area (Å²) in [4.78, 5) is 16.6. The van der Waals surface area contributed by atoms with Gasteiger partial charge >= 0.3 is 0 Å². The molecule has 1 aliphatic rings. The molecule has 0 unspecified atom stereocenters. The van der Waals surface area contributed by atoms with E-state index in [0.29, 0.717) is 5.92 Å². The van der Waals surface area contributed by atoms with Crippen molar-refractivity contribution in [3.8, 4) is 10.4 Å². The predicted molar refractivity (Wildman–Crippen MR) is 110 cm³/mol. The number of nitrogens with one attached hydrogen (secondary N) is 1. The van der Waals surface area contributed by atoms with Gasteiger partial charge in [-0.15, -0.1) is 16.4 Å². The van der Waals surface area contributed by atoms with Crippen LogP contribution in [-0.2, 0) is 6.54 Å². The van der Waals surface area contributed by atoms with Crippen molar-refractivity contribution in [1.82, 2.24) is 25.3 Å². The molecule has 1 atom stereocenters. The molecule has 146 valence electrons. The highest BCUT2D eigenvalue weighted by Gasteiger charge is 2.25. The molecular formula is C20H24N6OS. The number of nitrogens with zero attached hydrogens (tertiary/aromatic N) is 5. The molecule has 4 heterocycles. The third-order valence-corrected chi connectivity index (χ3v) is 5.84. The number of hydrogen-bond donors (Lipinski definition) is 1. The fraction of sp³-hybridized carbons (Fsp3) is 0.400. The molecule has 1 N–H and O–H groups in total. The maximum atomic E-state index is 12.7. The minimum absolute atomic E-state index is 0.0168. The fourth-order valence-corrected chi connectivity index (χ4v) is 4.27. The van der Waals surface area contributed by atoms with Crippen LogP contribution in [0.3, 0.4) is 0 Å². The number of anilines is 1. The molecule has 3 aromatic heterocycles. The largest absolute Gasteiger partial charge is 0.353 e. The van der Waals surface area contributed by atoms with Gasteiger partial charge in [0.15, 0.2) is 5.82 Å². The first kappa shape index (κ1) is 18.6. The van der Waals surface area contributed by atoms with Gasteiger partial charge in [-0.25, -0.2) is 0 Å². The molecule has 0 radical (unpaired) electrons. The zero-order valence-corrected chi connectivity index (χ0v) is 16.9. The van der Waals surface area contributed by atoms with Gasteiger partial charge in [-0.2, -0.15) is 10.2 Å². The molecule has 0 spiro atoms. The quantitative estimate of drug-likeness (QED) is 0.693. The van der Waals surface area contributed by atoms with Crippen LogP contribution in [0.5, 0.6) is 0 Å². The summed E-state index contributed by atoms with van der Waals surface area (Å²) < 4.78 is 1.96. The Kier molecular flexibility index (Phi) is 5.38. The molecule has 0 aliphatic carbocycles. The van der Waals surface area contributed by atoms with Crippen molar-refractivity contribution in [2.24, 2.45) is 5.92 Å². The van der Waals surface area contributed by atoms with Crippen molar-refractivity contribution < 1.29 is 4.79 Å². The van der Waals surface area contributed by atoms with E-state index < -0.39 is 0 Å². The van der Waals surface area contributed by atoms with E-state index in [9.17, 15) is 4.79 Å². The van der Waals surface area contributed by atoms with Crippen LogP contribution in [-0.4, -0.2) is 45.0 Å². The van der Waals surface area contributed by atoms with Crippen LogP contribution in [0.25, 0.3) is 10.4 Å². The lowest BCUT2D eigenvalue weighted by Gasteiger charge is -2.16. The van der Waals surface area contributed by atoms with Crippen molar-refractivity contribution in [1.29, 1.82) is 0 Å². The molecule has 4 rings (SSSR count). The maximum absolute atomic E-state index is 12.7. The van der Waals surface area contributed by atoms with E-state index in [4.69, 9.17) is 0 Å². The topological polar surface area (TPSA) is 75.9 Å². The van der Waals surface area contributed by atoms with Gasteiger partial charge in [0.05, 0.1) is 11.1 Å². The van der Waals surface area contributed by atoms with Crippen molar-refractivity contribution >= 4 is 23.1 Å². The molecule has 7 nitrogen and oxygen atoms in total. The number of hydrogen-bond acceptors (Lipinski definition) is 6. The SMILES string of the molecule is CC(C)Cn1cc(-c2ccc(C(=O)N[C@H]3CCN(c4cccnn4)C3)s2)cn1. The average Bonchev–Trinajstić information content (AvgIpc) is 3.42. The Morgan fingerprint density at radius 3 is 3.04 bits per heavy atom. The average molecular weight is 397 g/mol. The molecule has 0 saturated carbocycles. The van der Waals surface area contributed by atoms with Crippen molar-refractivity contribution in [3.63, 3.8) is 0 Å². The molecule has 1 aliphatic heterocycles. The maximum Gasteiger partial charge on any atom is 0.261 e. The van der Waals surface area contributed by atoms with Gasteiger partial charge in [0.1, 0.15) is 0 Å². The number of thiophene rings is 1. The van der Waals surface area contributed by atoms with Gasteiger partial charge in [0, 0.05) is 48.5 Å². The molecule has 0 bridgehead atoms. The third-order valence-electron chi connectivity index (χ3n) is 4.71. The molecule has 0 aromatic carbocycles. The summed E-state index contributed by atoms with van der Waals surface area (Å²) in [5, 5.41) is 15.6. The van der Waals surface area contributed by atoms with Crippen LogP contribution in [0.1, 0.15) is 29.9 Å². The fourth-order valence-electron chi connectivity index (χ4n) is 3.38. The summed E-state index contributed by atoms with van der Waals surface area (Å²) in [6, 6.07) is 7.84. The summed E-state index contributed by atoms with van der Waals surface area (Å²) in [7, 11) is 0. The van der Waals surface area contributed by atoms with E-state index in [1.807, 2.05) is 41.3 Å². The highest BCUT2D eigenvalue weighted by Crippen LogP contribution is 2.28. The van der Waals surface area contributed by atoms with Crippen LogP contribution in [0.4, 0.5) is 5.82 Å². The number of rotatable bonds is 6. The second-order valence-corrected chi connectivity index (χ2v) is 8.58. The standard InChI is InChI=1S/C20H24N6OS/c1-14(2)11-26-12-15(10-22-26)17-5-6-18(28-17)20(27)23-16-7-9-25(13-16)19-4-3-8-21-24-19/h3-6,8,10,12,14,16H,7,9,11,13H2,1-2H3,(H,23,27)/t16-/m0/s1. The Morgan fingerprint density at radius 2 is 2.25 bits per heavy atom. The summed E-state index contributed by atoms with van der Waals surface area (Å²) in [6.45, 7) is 6.86. The van der Waals surface area contributed by atoms with Gasteiger partial charge in [-0.05, 0) is 36.6 Å². The highest BCUT2D eigenvalue weighted by molar-refractivity contribution is 7.17. The van der Waals surface area contributed by atoms with Gasteiger partial charge in [0.2, 0.25) is 0 Å².